The highest BCUT2D eigenvalue weighted by molar-refractivity contribution is 7.18. The molecule has 0 aliphatic heterocycles. The van der Waals surface area contributed by atoms with E-state index in [1.54, 1.807) is 22.2 Å². The zero-order valence-corrected chi connectivity index (χ0v) is 15.9. The fourth-order valence-corrected chi connectivity index (χ4v) is 5.16. The maximum Gasteiger partial charge on any atom is 0.248 e. The molecule has 1 aliphatic rings. The zero-order valence-electron chi connectivity index (χ0n) is 15.0. The Morgan fingerprint density at radius 1 is 1.30 bits per heavy atom. The molecule has 0 unspecified atom stereocenters. The first-order valence-corrected chi connectivity index (χ1v) is 9.76. The Morgan fingerprint density at radius 3 is 2.89 bits per heavy atom. The third kappa shape index (κ3) is 2.90. The second-order valence-corrected chi connectivity index (χ2v) is 8.56. The minimum atomic E-state index is -2.46. The van der Waals surface area contributed by atoms with Crippen LogP contribution in [-0.2, 0) is 13.5 Å². The van der Waals surface area contributed by atoms with Crippen LogP contribution in [0.25, 0.3) is 32.5 Å². The van der Waals surface area contributed by atoms with Crippen molar-refractivity contribution in [2.24, 2.45) is 13.0 Å². The maximum absolute atomic E-state index is 13.1. The maximum atomic E-state index is 13.1. The monoisotopic (exact) mass is 384 g/mol. The lowest BCUT2D eigenvalue weighted by atomic mass is 9.78. The second-order valence-electron chi connectivity index (χ2n) is 7.47. The average Bonchev–Trinajstić information content (AvgIpc) is 3.11. The van der Waals surface area contributed by atoms with Crippen molar-refractivity contribution in [2.45, 2.75) is 32.1 Å². The van der Waals surface area contributed by atoms with Crippen LogP contribution in [0.4, 0.5) is 8.78 Å². The molecule has 0 aromatic carbocycles. The van der Waals surface area contributed by atoms with E-state index in [0.29, 0.717) is 5.65 Å². The van der Waals surface area contributed by atoms with Gasteiger partial charge in [0.2, 0.25) is 5.92 Å². The molecule has 4 aromatic heterocycles. The van der Waals surface area contributed by atoms with Crippen LogP contribution in [0.3, 0.4) is 0 Å². The van der Waals surface area contributed by atoms with Gasteiger partial charge in [0.05, 0.1) is 5.69 Å². The largest absolute Gasteiger partial charge is 0.273 e. The highest BCUT2D eigenvalue weighted by atomic mass is 32.1. The number of nitrogens with zero attached hydrogens (tertiary/aromatic N) is 4. The Balaban J connectivity index is 1.49. The highest BCUT2D eigenvalue weighted by Gasteiger charge is 2.45. The molecular weight excluding hydrogens is 366 g/mol. The Bertz CT molecular complexity index is 1170. The molecule has 138 valence electrons. The lowest BCUT2D eigenvalue weighted by molar-refractivity contribution is -0.109. The number of aryl methyl sites for hydroxylation is 2. The third-order valence-electron chi connectivity index (χ3n) is 5.32. The predicted molar refractivity (Wildman–Crippen MR) is 103 cm³/mol. The number of thiophene rings is 1. The summed E-state index contributed by atoms with van der Waals surface area (Å²) >= 11 is 1.63. The van der Waals surface area contributed by atoms with Gasteiger partial charge in [-0.15, -0.1) is 11.3 Å². The summed E-state index contributed by atoms with van der Waals surface area (Å²) in [5, 5.41) is 6.39. The summed E-state index contributed by atoms with van der Waals surface area (Å²) in [6.45, 7) is 2.07. The molecule has 0 bridgehead atoms. The third-order valence-corrected chi connectivity index (χ3v) is 6.54. The first-order valence-electron chi connectivity index (χ1n) is 8.95. The molecule has 1 aliphatic carbocycles. The smallest absolute Gasteiger partial charge is 0.248 e. The molecule has 4 nitrogen and oxygen atoms in total. The van der Waals surface area contributed by atoms with Crippen molar-refractivity contribution >= 4 is 32.6 Å². The van der Waals surface area contributed by atoms with E-state index in [9.17, 15) is 8.78 Å². The summed E-state index contributed by atoms with van der Waals surface area (Å²) < 4.78 is 28.0. The summed E-state index contributed by atoms with van der Waals surface area (Å²) in [6, 6.07) is 6.12. The van der Waals surface area contributed by atoms with Gasteiger partial charge in [0, 0.05) is 53.5 Å². The number of hydrogen-bond donors (Lipinski definition) is 0. The van der Waals surface area contributed by atoms with Crippen LogP contribution < -0.4 is 0 Å². The lowest BCUT2D eigenvalue weighted by Gasteiger charge is -2.34. The van der Waals surface area contributed by atoms with E-state index >= 15 is 0 Å². The summed E-state index contributed by atoms with van der Waals surface area (Å²) in [5.41, 5.74) is 3.70. The van der Waals surface area contributed by atoms with Gasteiger partial charge < -0.3 is 0 Å². The van der Waals surface area contributed by atoms with Crippen molar-refractivity contribution in [2.75, 3.05) is 0 Å². The lowest BCUT2D eigenvalue weighted by Crippen LogP contribution is -2.36. The summed E-state index contributed by atoms with van der Waals surface area (Å²) in [4.78, 5) is 11.4. The van der Waals surface area contributed by atoms with Gasteiger partial charge in [0.15, 0.2) is 5.65 Å². The molecule has 1 saturated carbocycles. The van der Waals surface area contributed by atoms with Gasteiger partial charge in [-0.2, -0.15) is 5.10 Å². The molecule has 0 radical (unpaired) electrons. The van der Waals surface area contributed by atoms with E-state index in [0.717, 1.165) is 33.3 Å². The van der Waals surface area contributed by atoms with E-state index in [4.69, 9.17) is 4.98 Å². The number of fused-ring (bicyclic) bond motifs is 2. The van der Waals surface area contributed by atoms with E-state index in [1.807, 2.05) is 25.4 Å². The number of hydrogen-bond acceptors (Lipinski definition) is 4. The topological polar surface area (TPSA) is 43.6 Å². The minimum Gasteiger partial charge on any atom is -0.273 e. The van der Waals surface area contributed by atoms with Crippen LogP contribution in [-0.4, -0.2) is 25.7 Å². The fourth-order valence-electron chi connectivity index (χ4n) is 3.87. The van der Waals surface area contributed by atoms with E-state index < -0.39 is 5.92 Å². The molecule has 0 amide bonds. The standard InChI is InChI=1S/C20H18F2N4S/c1-11-15-3-4-16(13-6-14-10-26(2)25-18(14)23-9-13)24-19(15)27-17(11)5-12-7-20(21,22)8-12/h3-4,6,9-10,12H,5,7-8H2,1-2H3. The van der Waals surface area contributed by atoms with E-state index in [2.05, 4.69) is 23.1 Å². The average molecular weight is 384 g/mol. The molecule has 27 heavy (non-hydrogen) atoms. The number of aromatic nitrogens is 4. The van der Waals surface area contributed by atoms with Gasteiger partial charge in [-0.3, -0.25) is 4.68 Å². The van der Waals surface area contributed by atoms with Crippen molar-refractivity contribution in [1.82, 2.24) is 19.7 Å². The van der Waals surface area contributed by atoms with Gasteiger partial charge >= 0.3 is 0 Å². The van der Waals surface area contributed by atoms with Crippen molar-refractivity contribution in [3.63, 3.8) is 0 Å². The van der Waals surface area contributed by atoms with Crippen molar-refractivity contribution in [3.8, 4) is 11.3 Å². The van der Waals surface area contributed by atoms with Crippen LogP contribution in [0.2, 0.25) is 0 Å². The first kappa shape index (κ1) is 16.7. The van der Waals surface area contributed by atoms with Crippen LogP contribution in [0.1, 0.15) is 23.3 Å². The fraction of sp³-hybridized carbons (Fsp3) is 0.350. The van der Waals surface area contributed by atoms with E-state index in [-0.39, 0.29) is 18.8 Å². The number of rotatable bonds is 3. The van der Waals surface area contributed by atoms with Crippen LogP contribution in [0.5, 0.6) is 0 Å². The SMILES string of the molecule is Cc1c(CC2CC(F)(F)C2)sc2nc(-c3cnc4nn(C)cc4c3)ccc12. The summed E-state index contributed by atoms with van der Waals surface area (Å²) in [5.74, 6) is -2.37. The first-order chi connectivity index (χ1) is 12.9. The molecule has 4 aromatic rings. The summed E-state index contributed by atoms with van der Waals surface area (Å²) in [7, 11) is 1.87. The van der Waals surface area contributed by atoms with Gasteiger partial charge in [-0.1, -0.05) is 0 Å². The van der Waals surface area contributed by atoms with Gasteiger partial charge in [-0.25, -0.2) is 18.7 Å². The molecule has 5 rings (SSSR count). The number of alkyl halides is 2. The van der Waals surface area contributed by atoms with Crippen LogP contribution in [0, 0.1) is 12.8 Å². The van der Waals surface area contributed by atoms with Crippen molar-refractivity contribution in [1.29, 1.82) is 0 Å². The van der Waals surface area contributed by atoms with Crippen LogP contribution in [0.15, 0.2) is 30.6 Å². The highest BCUT2D eigenvalue weighted by Crippen LogP contribution is 2.45. The molecule has 0 saturated heterocycles. The molecule has 1 fully saturated rings. The minimum absolute atomic E-state index is 0.0101. The molecule has 0 N–H and O–H groups in total. The Labute approximate surface area is 158 Å². The summed E-state index contributed by atoms with van der Waals surface area (Å²) in [6.07, 6.45) is 4.47. The Kier molecular flexibility index (Phi) is 3.59. The second kappa shape index (κ2) is 5.79. The van der Waals surface area contributed by atoms with Crippen molar-refractivity contribution < 1.29 is 8.78 Å². The van der Waals surface area contributed by atoms with Crippen LogP contribution >= 0.6 is 11.3 Å². The van der Waals surface area contributed by atoms with Gasteiger partial charge in [0.25, 0.3) is 0 Å². The quantitative estimate of drug-likeness (QED) is 0.491. The normalized spacial score (nSPS) is 16.9. The number of pyridine rings is 2. The molecule has 7 heteroatoms. The zero-order chi connectivity index (χ0) is 18.8. The van der Waals surface area contributed by atoms with Gasteiger partial charge in [-0.05, 0) is 43.0 Å². The Morgan fingerprint density at radius 2 is 2.11 bits per heavy atom. The van der Waals surface area contributed by atoms with Crippen molar-refractivity contribution in [3.05, 3.63) is 41.0 Å². The molecular formula is C20H18F2N4S. The molecule has 4 heterocycles. The van der Waals surface area contributed by atoms with Gasteiger partial charge in [0.1, 0.15) is 4.83 Å². The molecule has 0 atom stereocenters. The Hall–Kier alpha value is -2.41. The predicted octanol–water partition coefficient (Wildman–Crippen LogP) is 5.14. The van der Waals surface area contributed by atoms with E-state index in [1.165, 1.54) is 10.4 Å². The molecule has 0 spiro atoms. The number of halogens is 2.